The molecule has 0 spiro atoms. The maximum absolute atomic E-state index is 12.4. The zero-order valence-corrected chi connectivity index (χ0v) is 17.4. The maximum Gasteiger partial charge on any atom is 0.255 e. The minimum absolute atomic E-state index is 0.167. The van der Waals surface area contributed by atoms with Crippen molar-refractivity contribution in [2.45, 2.75) is 39.0 Å². The van der Waals surface area contributed by atoms with Crippen molar-refractivity contribution in [2.24, 2.45) is 0 Å². The molecule has 2 N–H and O–H groups in total. The monoisotopic (exact) mass is 403 g/mol. The number of benzene rings is 3. The molecular formula is C26H29NO3. The van der Waals surface area contributed by atoms with E-state index >= 15 is 0 Å². The van der Waals surface area contributed by atoms with Crippen molar-refractivity contribution >= 4 is 11.6 Å². The third-order valence-corrected chi connectivity index (χ3v) is 4.98. The van der Waals surface area contributed by atoms with Crippen molar-refractivity contribution in [1.29, 1.82) is 0 Å². The summed E-state index contributed by atoms with van der Waals surface area (Å²) in [4.78, 5) is 12.4. The standard InChI is InChI=1S/C26H29NO3/c1-2-3-4-5-6-19-30-25-17-11-21(12-18-25)20-7-9-22(10-8-20)26(29)27-23-13-15-24(28)16-14-23/h7-18,28H,2-6,19H2,1H3,(H,27,29). The number of phenolic OH excluding ortho intramolecular Hbond substituents is 1. The first kappa shape index (κ1) is 21.4. The number of carbonyl (C=O) groups is 1. The molecule has 0 aromatic heterocycles. The van der Waals surface area contributed by atoms with Gasteiger partial charge in [-0.25, -0.2) is 0 Å². The van der Waals surface area contributed by atoms with E-state index in [2.05, 4.69) is 12.2 Å². The number of unbranched alkanes of at least 4 members (excludes halogenated alkanes) is 4. The van der Waals surface area contributed by atoms with E-state index in [0.717, 1.165) is 29.9 Å². The number of amides is 1. The quantitative estimate of drug-likeness (QED) is 0.294. The number of hydrogen-bond donors (Lipinski definition) is 2. The lowest BCUT2D eigenvalue weighted by atomic mass is 10.0. The second-order valence-corrected chi connectivity index (χ2v) is 7.37. The molecule has 3 rings (SSSR count). The number of rotatable bonds is 10. The Morgan fingerprint density at radius 3 is 2.03 bits per heavy atom. The Balaban J connectivity index is 1.52. The summed E-state index contributed by atoms with van der Waals surface area (Å²) < 4.78 is 5.82. The van der Waals surface area contributed by atoms with Crippen molar-refractivity contribution in [3.63, 3.8) is 0 Å². The molecule has 1 amide bonds. The van der Waals surface area contributed by atoms with Gasteiger partial charge >= 0.3 is 0 Å². The minimum atomic E-state index is -0.185. The van der Waals surface area contributed by atoms with Crippen LogP contribution >= 0.6 is 0 Å². The van der Waals surface area contributed by atoms with Crippen molar-refractivity contribution in [2.75, 3.05) is 11.9 Å². The van der Waals surface area contributed by atoms with Crippen LogP contribution in [-0.4, -0.2) is 17.6 Å². The van der Waals surface area contributed by atoms with Gasteiger partial charge in [0.2, 0.25) is 0 Å². The topological polar surface area (TPSA) is 58.6 Å². The summed E-state index contributed by atoms with van der Waals surface area (Å²) in [7, 11) is 0. The fourth-order valence-electron chi connectivity index (χ4n) is 3.20. The van der Waals surface area contributed by atoms with Crippen LogP contribution in [0.15, 0.2) is 72.8 Å². The summed E-state index contributed by atoms with van der Waals surface area (Å²) in [6, 6.07) is 22.0. The molecule has 0 bridgehead atoms. The Labute approximate surface area is 178 Å². The fourth-order valence-corrected chi connectivity index (χ4v) is 3.20. The van der Waals surface area contributed by atoms with E-state index in [1.54, 1.807) is 24.3 Å². The van der Waals surface area contributed by atoms with E-state index in [1.807, 2.05) is 48.5 Å². The molecule has 0 aliphatic carbocycles. The number of ether oxygens (including phenoxy) is 1. The summed E-state index contributed by atoms with van der Waals surface area (Å²) in [6.07, 6.45) is 6.15. The summed E-state index contributed by atoms with van der Waals surface area (Å²) in [5, 5.41) is 12.1. The van der Waals surface area contributed by atoms with Gasteiger partial charge in [-0.05, 0) is 66.1 Å². The average Bonchev–Trinajstić information content (AvgIpc) is 2.78. The first-order valence-electron chi connectivity index (χ1n) is 10.6. The molecular weight excluding hydrogens is 374 g/mol. The molecule has 0 atom stereocenters. The molecule has 0 radical (unpaired) electrons. The number of nitrogens with one attached hydrogen (secondary N) is 1. The van der Waals surface area contributed by atoms with E-state index < -0.39 is 0 Å². The molecule has 0 aliphatic rings. The van der Waals surface area contributed by atoms with Crippen LogP contribution in [0.1, 0.15) is 49.4 Å². The van der Waals surface area contributed by atoms with Gasteiger partial charge in [-0.1, -0.05) is 56.9 Å². The van der Waals surface area contributed by atoms with Crippen LogP contribution in [0.5, 0.6) is 11.5 Å². The van der Waals surface area contributed by atoms with Gasteiger partial charge in [0.15, 0.2) is 0 Å². The molecule has 4 heteroatoms. The van der Waals surface area contributed by atoms with Crippen LogP contribution < -0.4 is 10.1 Å². The predicted molar refractivity (Wildman–Crippen MR) is 122 cm³/mol. The summed E-state index contributed by atoms with van der Waals surface area (Å²) in [5.41, 5.74) is 3.34. The first-order valence-corrected chi connectivity index (χ1v) is 10.6. The molecule has 0 saturated carbocycles. The lowest BCUT2D eigenvalue weighted by molar-refractivity contribution is 0.102. The van der Waals surface area contributed by atoms with Crippen LogP contribution in [0.3, 0.4) is 0 Å². The second-order valence-electron chi connectivity index (χ2n) is 7.37. The molecule has 0 aliphatic heterocycles. The zero-order chi connectivity index (χ0) is 21.2. The SMILES string of the molecule is CCCCCCCOc1ccc(-c2ccc(C(=O)Nc3ccc(O)cc3)cc2)cc1. The number of anilines is 1. The van der Waals surface area contributed by atoms with E-state index in [1.165, 1.54) is 25.7 Å². The van der Waals surface area contributed by atoms with Gasteiger partial charge < -0.3 is 15.2 Å². The lowest BCUT2D eigenvalue weighted by Gasteiger charge is -2.09. The number of hydrogen-bond acceptors (Lipinski definition) is 3. The van der Waals surface area contributed by atoms with Gasteiger partial charge in [-0.15, -0.1) is 0 Å². The molecule has 0 unspecified atom stereocenters. The second kappa shape index (κ2) is 11.1. The van der Waals surface area contributed by atoms with Gasteiger partial charge in [0, 0.05) is 11.3 Å². The number of phenols is 1. The lowest BCUT2D eigenvalue weighted by Crippen LogP contribution is -2.11. The maximum atomic E-state index is 12.4. The first-order chi connectivity index (χ1) is 14.7. The molecule has 4 nitrogen and oxygen atoms in total. The average molecular weight is 404 g/mol. The predicted octanol–water partition coefficient (Wildman–Crippen LogP) is 6.66. The molecule has 3 aromatic carbocycles. The fraction of sp³-hybridized carbons (Fsp3) is 0.269. The van der Waals surface area contributed by atoms with E-state index in [-0.39, 0.29) is 11.7 Å². The van der Waals surface area contributed by atoms with Gasteiger partial charge in [0.05, 0.1) is 6.61 Å². The third kappa shape index (κ3) is 6.38. The van der Waals surface area contributed by atoms with Crippen LogP contribution in [-0.2, 0) is 0 Å². The van der Waals surface area contributed by atoms with Crippen molar-refractivity contribution < 1.29 is 14.6 Å². The molecule has 0 heterocycles. The Hall–Kier alpha value is -3.27. The van der Waals surface area contributed by atoms with E-state index in [0.29, 0.717) is 11.3 Å². The van der Waals surface area contributed by atoms with Crippen molar-refractivity contribution in [3.8, 4) is 22.6 Å². The number of carbonyl (C=O) groups excluding carboxylic acids is 1. The summed E-state index contributed by atoms with van der Waals surface area (Å²) in [5.74, 6) is 0.870. The smallest absolute Gasteiger partial charge is 0.255 e. The van der Waals surface area contributed by atoms with Gasteiger partial charge in [-0.2, -0.15) is 0 Å². The molecule has 0 fully saturated rings. The zero-order valence-electron chi connectivity index (χ0n) is 17.4. The Bertz CT molecular complexity index is 916. The van der Waals surface area contributed by atoms with Gasteiger partial charge in [0.25, 0.3) is 5.91 Å². The highest BCUT2D eigenvalue weighted by molar-refractivity contribution is 6.04. The van der Waals surface area contributed by atoms with Gasteiger partial charge in [0.1, 0.15) is 11.5 Å². The van der Waals surface area contributed by atoms with Gasteiger partial charge in [-0.3, -0.25) is 4.79 Å². The highest BCUT2D eigenvalue weighted by Gasteiger charge is 2.07. The van der Waals surface area contributed by atoms with Crippen molar-refractivity contribution in [3.05, 3.63) is 78.4 Å². The van der Waals surface area contributed by atoms with Crippen LogP contribution in [0.2, 0.25) is 0 Å². The van der Waals surface area contributed by atoms with E-state index in [4.69, 9.17) is 4.74 Å². The van der Waals surface area contributed by atoms with Crippen LogP contribution in [0, 0.1) is 0 Å². The largest absolute Gasteiger partial charge is 0.508 e. The van der Waals surface area contributed by atoms with E-state index in [9.17, 15) is 9.90 Å². The Morgan fingerprint density at radius 1 is 0.800 bits per heavy atom. The summed E-state index contributed by atoms with van der Waals surface area (Å²) in [6.45, 7) is 2.98. The third-order valence-electron chi connectivity index (χ3n) is 4.98. The molecule has 0 saturated heterocycles. The highest BCUT2D eigenvalue weighted by Crippen LogP contribution is 2.23. The summed E-state index contributed by atoms with van der Waals surface area (Å²) >= 11 is 0. The molecule has 30 heavy (non-hydrogen) atoms. The van der Waals surface area contributed by atoms with Crippen LogP contribution in [0.25, 0.3) is 11.1 Å². The number of aromatic hydroxyl groups is 1. The normalized spacial score (nSPS) is 10.6. The minimum Gasteiger partial charge on any atom is -0.508 e. The molecule has 156 valence electrons. The Morgan fingerprint density at radius 2 is 1.40 bits per heavy atom. The van der Waals surface area contributed by atoms with Crippen LogP contribution in [0.4, 0.5) is 5.69 Å². The Kier molecular flexibility index (Phi) is 7.90. The van der Waals surface area contributed by atoms with Crippen molar-refractivity contribution in [1.82, 2.24) is 0 Å². The highest BCUT2D eigenvalue weighted by atomic mass is 16.5. The molecule has 3 aromatic rings.